The monoisotopic (exact) mass is 233 g/mol. The van der Waals surface area contributed by atoms with Crippen molar-refractivity contribution < 1.29 is 9.90 Å². The Morgan fingerprint density at radius 1 is 1.59 bits per heavy atom. The van der Waals surface area contributed by atoms with Gasteiger partial charge in [0.25, 0.3) is 5.91 Å². The molecule has 0 aliphatic heterocycles. The van der Waals surface area contributed by atoms with E-state index in [1.54, 1.807) is 22.9 Å². The van der Waals surface area contributed by atoms with E-state index in [9.17, 15) is 9.90 Å². The summed E-state index contributed by atoms with van der Waals surface area (Å²) in [5.74, 6) is 0.238. The molecule has 2 aromatic heterocycles. The molecule has 2 aromatic rings. The van der Waals surface area contributed by atoms with Crippen molar-refractivity contribution in [3.8, 4) is 5.75 Å². The Hall–Kier alpha value is -2.04. The van der Waals surface area contributed by atoms with E-state index in [-0.39, 0.29) is 11.7 Å². The Kier molecular flexibility index (Phi) is 2.99. The fraction of sp³-hybridized carbons (Fsp3) is 0.333. The molecule has 17 heavy (non-hydrogen) atoms. The number of imidazole rings is 1. The summed E-state index contributed by atoms with van der Waals surface area (Å²) in [4.78, 5) is 15.9. The van der Waals surface area contributed by atoms with E-state index < -0.39 is 0 Å². The second-order valence-corrected chi connectivity index (χ2v) is 4.35. The van der Waals surface area contributed by atoms with Crippen LogP contribution >= 0.6 is 0 Å². The quantitative estimate of drug-likeness (QED) is 0.842. The Morgan fingerprint density at radius 3 is 3.00 bits per heavy atom. The Morgan fingerprint density at radius 2 is 2.35 bits per heavy atom. The largest absolute Gasteiger partial charge is 0.504 e. The van der Waals surface area contributed by atoms with Crippen LogP contribution in [-0.4, -0.2) is 26.9 Å². The van der Waals surface area contributed by atoms with Gasteiger partial charge in [0.2, 0.25) is 0 Å². The maximum Gasteiger partial charge on any atom is 0.271 e. The summed E-state index contributed by atoms with van der Waals surface area (Å²) in [6.45, 7) is 4.66. The summed E-state index contributed by atoms with van der Waals surface area (Å²) < 4.78 is 1.62. The number of nitrogens with zero attached hydrogens (tertiary/aromatic N) is 2. The summed E-state index contributed by atoms with van der Waals surface area (Å²) >= 11 is 0. The predicted molar refractivity (Wildman–Crippen MR) is 64.0 cm³/mol. The zero-order valence-corrected chi connectivity index (χ0v) is 9.84. The molecule has 0 radical (unpaired) electrons. The molecule has 0 atom stereocenters. The molecule has 2 heterocycles. The van der Waals surface area contributed by atoms with Crippen molar-refractivity contribution in [3.05, 3.63) is 30.2 Å². The topological polar surface area (TPSA) is 66.6 Å². The molecular formula is C12H15N3O2. The van der Waals surface area contributed by atoms with Crippen LogP contribution in [0.2, 0.25) is 0 Å². The minimum absolute atomic E-state index is 0.0652. The molecule has 0 bridgehead atoms. The summed E-state index contributed by atoms with van der Waals surface area (Å²) in [7, 11) is 0. The number of carbonyl (C=O) groups excluding carboxylic acids is 1. The number of aromatic nitrogens is 2. The zero-order chi connectivity index (χ0) is 12.4. The van der Waals surface area contributed by atoms with Crippen molar-refractivity contribution in [1.29, 1.82) is 0 Å². The van der Waals surface area contributed by atoms with Crippen LogP contribution in [0.3, 0.4) is 0 Å². The number of hydrogen-bond acceptors (Lipinski definition) is 3. The molecule has 0 aliphatic carbocycles. The lowest BCUT2D eigenvalue weighted by Crippen LogP contribution is -2.27. The number of nitrogens with one attached hydrogen (secondary N) is 1. The first kappa shape index (κ1) is 11.4. The van der Waals surface area contributed by atoms with Crippen molar-refractivity contribution in [1.82, 2.24) is 14.7 Å². The first-order valence-electron chi connectivity index (χ1n) is 5.53. The molecule has 0 saturated carbocycles. The van der Waals surface area contributed by atoms with Gasteiger partial charge in [0.05, 0.1) is 0 Å². The molecule has 1 amide bonds. The highest BCUT2D eigenvalue weighted by atomic mass is 16.3. The molecule has 0 aliphatic rings. The molecule has 0 saturated heterocycles. The fourth-order valence-electron chi connectivity index (χ4n) is 1.49. The van der Waals surface area contributed by atoms with Crippen LogP contribution in [0.4, 0.5) is 0 Å². The third-order valence-electron chi connectivity index (χ3n) is 2.37. The average Bonchev–Trinajstić information content (AvgIpc) is 2.71. The van der Waals surface area contributed by atoms with Crippen LogP contribution in [-0.2, 0) is 0 Å². The third kappa shape index (κ3) is 2.38. The van der Waals surface area contributed by atoms with Gasteiger partial charge in [-0.2, -0.15) is 0 Å². The van der Waals surface area contributed by atoms with Crippen LogP contribution in [0.5, 0.6) is 5.75 Å². The summed E-state index contributed by atoms with van der Waals surface area (Å²) in [6.07, 6.45) is 3.34. The normalized spacial score (nSPS) is 11.0. The van der Waals surface area contributed by atoms with Gasteiger partial charge in [-0.05, 0) is 18.1 Å². The molecule has 5 heteroatoms. The molecule has 90 valence electrons. The molecule has 0 spiro atoms. The van der Waals surface area contributed by atoms with Gasteiger partial charge >= 0.3 is 0 Å². The summed E-state index contributed by atoms with van der Waals surface area (Å²) in [5, 5.41) is 12.4. The van der Waals surface area contributed by atoms with E-state index in [0.717, 1.165) is 0 Å². The molecule has 0 unspecified atom stereocenters. The highest BCUT2D eigenvalue weighted by Gasteiger charge is 2.12. The number of carbonyl (C=O) groups is 1. The van der Waals surface area contributed by atoms with Crippen LogP contribution in [0.25, 0.3) is 5.65 Å². The molecule has 0 fully saturated rings. The molecular weight excluding hydrogens is 218 g/mol. The summed E-state index contributed by atoms with van der Waals surface area (Å²) in [5.41, 5.74) is 0.703. The van der Waals surface area contributed by atoms with E-state index in [1.807, 2.05) is 13.8 Å². The van der Waals surface area contributed by atoms with Gasteiger partial charge in [0.15, 0.2) is 11.4 Å². The van der Waals surface area contributed by atoms with Crippen molar-refractivity contribution >= 4 is 11.6 Å². The number of hydrogen-bond donors (Lipinski definition) is 2. The molecule has 0 aromatic carbocycles. The van der Waals surface area contributed by atoms with Gasteiger partial charge in [0, 0.05) is 18.9 Å². The van der Waals surface area contributed by atoms with E-state index in [4.69, 9.17) is 0 Å². The van der Waals surface area contributed by atoms with Crippen molar-refractivity contribution in [2.45, 2.75) is 13.8 Å². The van der Waals surface area contributed by atoms with Gasteiger partial charge in [-0.3, -0.25) is 4.79 Å². The predicted octanol–water partition coefficient (Wildman–Crippen LogP) is 1.43. The van der Waals surface area contributed by atoms with E-state index in [0.29, 0.717) is 23.8 Å². The fourth-order valence-corrected chi connectivity index (χ4v) is 1.49. The van der Waals surface area contributed by atoms with E-state index in [2.05, 4.69) is 10.3 Å². The highest BCUT2D eigenvalue weighted by molar-refractivity contribution is 5.93. The Labute approximate surface area is 99.1 Å². The zero-order valence-electron chi connectivity index (χ0n) is 9.84. The van der Waals surface area contributed by atoms with Gasteiger partial charge in [-0.15, -0.1) is 0 Å². The average molecular weight is 233 g/mol. The van der Waals surface area contributed by atoms with Crippen LogP contribution < -0.4 is 5.32 Å². The number of pyridine rings is 1. The Bertz CT molecular complexity index is 546. The minimum Gasteiger partial charge on any atom is -0.504 e. The molecule has 2 N–H and O–H groups in total. The SMILES string of the molecule is CC(C)CNC(=O)c1cn2cccc(O)c2n1. The van der Waals surface area contributed by atoms with Gasteiger partial charge in [-0.25, -0.2) is 4.98 Å². The lowest BCUT2D eigenvalue weighted by Gasteiger charge is -2.04. The number of rotatable bonds is 3. The minimum atomic E-state index is -0.221. The smallest absolute Gasteiger partial charge is 0.271 e. The van der Waals surface area contributed by atoms with Gasteiger partial charge < -0.3 is 14.8 Å². The van der Waals surface area contributed by atoms with E-state index >= 15 is 0 Å². The number of fused-ring (bicyclic) bond motifs is 1. The van der Waals surface area contributed by atoms with Crippen molar-refractivity contribution in [2.75, 3.05) is 6.54 Å². The second-order valence-electron chi connectivity index (χ2n) is 4.35. The van der Waals surface area contributed by atoms with Crippen molar-refractivity contribution in [2.24, 2.45) is 5.92 Å². The maximum atomic E-state index is 11.8. The standard InChI is InChI=1S/C12H15N3O2/c1-8(2)6-13-12(17)9-7-15-5-3-4-10(16)11(15)14-9/h3-5,7-8,16H,6H2,1-2H3,(H,13,17). The van der Waals surface area contributed by atoms with Crippen LogP contribution in [0.1, 0.15) is 24.3 Å². The third-order valence-corrected chi connectivity index (χ3v) is 2.37. The Balaban J connectivity index is 2.24. The number of amides is 1. The van der Waals surface area contributed by atoms with Gasteiger partial charge in [0.1, 0.15) is 5.69 Å². The first-order valence-corrected chi connectivity index (χ1v) is 5.53. The molecule has 2 rings (SSSR count). The highest BCUT2D eigenvalue weighted by Crippen LogP contribution is 2.16. The van der Waals surface area contributed by atoms with Crippen molar-refractivity contribution in [3.63, 3.8) is 0 Å². The van der Waals surface area contributed by atoms with Crippen LogP contribution in [0.15, 0.2) is 24.5 Å². The first-order chi connectivity index (χ1) is 8.08. The van der Waals surface area contributed by atoms with E-state index in [1.165, 1.54) is 6.07 Å². The molecule has 5 nitrogen and oxygen atoms in total. The lowest BCUT2D eigenvalue weighted by atomic mass is 10.2. The number of aromatic hydroxyl groups is 1. The van der Waals surface area contributed by atoms with Gasteiger partial charge in [-0.1, -0.05) is 13.8 Å². The second kappa shape index (κ2) is 4.45. The maximum absolute atomic E-state index is 11.8. The lowest BCUT2D eigenvalue weighted by molar-refractivity contribution is 0.0944. The van der Waals surface area contributed by atoms with Crippen LogP contribution in [0, 0.1) is 5.92 Å². The summed E-state index contributed by atoms with van der Waals surface area (Å²) in [6, 6.07) is 3.23.